The number of hydrogen-bond acceptors (Lipinski definition) is 5. The van der Waals surface area contributed by atoms with E-state index in [0.717, 1.165) is 5.69 Å². The Morgan fingerprint density at radius 2 is 2.15 bits per heavy atom. The van der Waals surface area contributed by atoms with E-state index in [1.54, 1.807) is 12.4 Å². The summed E-state index contributed by atoms with van der Waals surface area (Å²) in [6, 6.07) is -1.56. The van der Waals surface area contributed by atoms with Gasteiger partial charge in [0.15, 0.2) is 0 Å². The Morgan fingerprint density at radius 1 is 1.40 bits per heavy atom. The van der Waals surface area contributed by atoms with Gasteiger partial charge in [0.05, 0.1) is 24.1 Å². The molecule has 1 unspecified atom stereocenters. The minimum Gasteiger partial charge on any atom is -0.480 e. The average molecular weight is 282 g/mol. The number of carboxylic acid groups (broad SMARTS) is 1. The molecule has 0 bridgehead atoms. The zero-order chi connectivity index (χ0) is 15.0. The van der Waals surface area contributed by atoms with Gasteiger partial charge in [0, 0.05) is 26.3 Å². The van der Waals surface area contributed by atoms with Crippen LogP contribution in [-0.2, 0) is 16.1 Å². The molecule has 0 spiro atoms. The summed E-state index contributed by atoms with van der Waals surface area (Å²) in [5, 5.41) is 13.8. The maximum Gasteiger partial charge on any atom is 0.326 e. The van der Waals surface area contributed by atoms with Crippen LogP contribution in [0.1, 0.15) is 17.8 Å². The molecular weight excluding hydrogens is 264 g/mol. The van der Waals surface area contributed by atoms with Crippen molar-refractivity contribution in [3.8, 4) is 0 Å². The van der Waals surface area contributed by atoms with Crippen LogP contribution < -0.4 is 10.6 Å². The molecule has 1 aromatic heterocycles. The lowest BCUT2D eigenvalue weighted by molar-refractivity contribution is -0.139. The average Bonchev–Trinajstić information content (AvgIpc) is 2.42. The number of amides is 2. The maximum absolute atomic E-state index is 11.6. The van der Waals surface area contributed by atoms with E-state index in [1.807, 2.05) is 6.92 Å². The standard InChI is InChI=1S/C12H18N4O4/c1-8-5-14-9(6-13-8)7-15-12(19)16-10(11(17)18)3-4-20-2/h5-6,10H,3-4,7H2,1-2H3,(H,17,18)(H2,15,16,19). The Balaban J connectivity index is 2.41. The normalized spacial score (nSPS) is 11.7. The molecule has 110 valence electrons. The molecule has 0 saturated carbocycles. The summed E-state index contributed by atoms with van der Waals surface area (Å²) in [5.74, 6) is -1.10. The summed E-state index contributed by atoms with van der Waals surface area (Å²) < 4.78 is 4.79. The van der Waals surface area contributed by atoms with E-state index in [2.05, 4.69) is 20.6 Å². The van der Waals surface area contributed by atoms with E-state index < -0.39 is 18.0 Å². The van der Waals surface area contributed by atoms with Crippen molar-refractivity contribution in [1.82, 2.24) is 20.6 Å². The van der Waals surface area contributed by atoms with Gasteiger partial charge in [-0.05, 0) is 6.92 Å². The van der Waals surface area contributed by atoms with Crippen LogP contribution in [0.4, 0.5) is 4.79 Å². The number of ether oxygens (including phenoxy) is 1. The van der Waals surface area contributed by atoms with Crippen LogP contribution in [0.25, 0.3) is 0 Å². The van der Waals surface area contributed by atoms with E-state index >= 15 is 0 Å². The Hall–Kier alpha value is -2.22. The van der Waals surface area contributed by atoms with Crippen LogP contribution in [0.3, 0.4) is 0 Å². The van der Waals surface area contributed by atoms with Crippen LogP contribution in [0.5, 0.6) is 0 Å². The maximum atomic E-state index is 11.6. The summed E-state index contributed by atoms with van der Waals surface area (Å²) >= 11 is 0. The fraction of sp³-hybridized carbons (Fsp3) is 0.500. The van der Waals surface area contributed by atoms with Crippen molar-refractivity contribution in [3.05, 3.63) is 23.8 Å². The molecule has 0 aromatic carbocycles. The van der Waals surface area contributed by atoms with Crippen LogP contribution in [0, 0.1) is 6.92 Å². The van der Waals surface area contributed by atoms with E-state index in [9.17, 15) is 9.59 Å². The van der Waals surface area contributed by atoms with Gasteiger partial charge in [-0.1, -0.05) is 0 Å². The van der Waals surface area contributed by atoms with Crippen molar-refractivity contribution in [1.29, 1.82) is 0 Å². The third-order valence-corrected chi connectivity index (χ3v) is 2.48. The zero-order valence-electron chi connectivity index (χ0n) is 11.4. The SMILES string of the molecule is COCCC(NC(=O)NCc1cnc(C)cn1)C(=O)O. The largest absolute Gasteiger partial charge is 0.480 e. The first kappa shape index (κ1) is 15.8. The van der Waals surface area contributed by atoms with Crippen LogP contribution in [-0.4, -0.2) is 46.8 Å². The van der Waals surface area contributed by atoms with Crippen LogP contribution in [0.15, 0.2) is 12.4 Å². The number of carbonyl (C=O) groups is 2. The van der Waals surface area contributed by atoms with Crippen molar-refractivity contribution in [3.63, 3.8) is 0 Å². The predicted octanol–water partition coefficient (Wildman–Crippen LogP) is 0.0739. The van der Waals surface area contributed by atoms with Gasteiger partial charge in [-0.15, -0.1) is 0 Å². The molecule has 20 heavy (non-hydrogen) atoms. The van der Waals surface area contributed by atoms with Crippen molar-refractivity contribution in [2.75, 3.05) is 13.7 Å². The number of rotatable bonds is 7. The van der Waals surface area contributed by atoms with Gasteiger partial charge >= 0.3 is 12.0 Å². The second kappa shape index (κ2) is 8.05. The molecule has 0 aliphatic rings. The number of methoxy groups -OCH3 is 1. The number of hydrogen-bond donors (Lipinski definition) is 3. The molecule has 0 saturated heterocycles. The summed E-state index contributed by atoms with van der Waals surface area (Å²) in [6.45, 7) is 2.24. The molecule has 8 heteroatoms. The number of aryl methyl sites for hydroxylation is 1. The molecule has 0 radical (unpaired) electrons. The molecule has 0 aliphatic carbocycles. The zero-order valence-corrected chi connectivity index (χ0v) is 11.4. The first-order chi connectivity index (χ1) is 9.52. The number of aliphatic carboxylic acids is 1. The monoisotopic (exact) mass is 282 g/mol. The second-order valence-corrected chi connectivity index (χ2v) is 4.15. The molecule has 1 heterocycles. The lowest BCUT2D eigenvalue weighted by atomic mass is 10.2. The summed E-state index contributed by atoms with van der Waals surface area (Å²) in [4.78, 5) is 30.6. The van der Waals surface area contributed by atoms with Gasteiger partial charge in [0.2, 0.25) is 0 Å². The highest BCUT2D eigenvalue weighted by Gasteiger charge is 2.19. The first-order valence-corrected chi connectivity index (χ1v) is 6.06. The molecule has 1 atom stereocenters. The minimum absolute atomic E-state index is 0.176. The van der Waals surface area contributed by atoms with Gasteiger partial charge in [0.1, 0.15) is 6.04 Å². The summed E-state index contributed by atoms with van der Waals surface area (Å²) in [5.41, 5.74) is 1.37. The molecule has 0 aliphatic heterocycles. The fourth-order valence-corrected chi connectivity index (χ4v) is 1.38. The number of nitrogens with one attached hydrogen (secondary N) is 2. The summed E-state index contributed by atoms with van der Waals surface area (Å²) in [7, 11) is 1.47. The number of nitrogens with zero attached hydrogens (tertiary/aromatic N) is 2. The first-order valence-electron chi connectivity index (χ1n) is 6.06. The second-order valence-electron chi connectivity index (χ2n) is 4.15. The molecule has 1 aromatic rings. The lowest BCUT2D eigenvalue weighted by Crippen LogP contribution is -2.46. The van der Waals surface area contributed by atoms with E-state index in [4.69, 9.17) is 9.84 Å². The van der Waals surface area contributed by atoms with E-state index in [0.29, 0.717) is 5.69 Å². The molecule has 2 amide bonds. The predicted molar refractivity (Wildman–Crippen MR) is 70.1 cm³/mol. The number of carboxylic acids is 1. The number of carbonyl (C=O) groups excluding carboxylic acids is 1. The summed E-state index contributed by atoms with van der Waals surface area (Å²) in [6.07, 6.45) is 3.34. The topological polar surface area (TPSA) is 113 Å². The van der Waals surface area contributed by atoms with E-state index in [1.165, 1.54) is 7.11 Å². The minimum atomic E-state index is -1.10. The number of urea groups is 1. The van der Waals surface area contributed by atoms with Crippen molar-refractivity contribution in [2.24, 2.45) is 0 Å². The van der Waals surface area contributed by atoms with Crippen molar-refractivity contribution in [2.45, 2.75) is 25.9 Å². The quantitative estimate of drug-likeness (QED) is 0.652. The molecule has 8 nitrogen and oxygen atoms in total. The van der Waals surface area contributed by atoms with E-state index in [-0.39, 0.29) is 19.6 Å². The Morgan fingerprint density at radius 3 is 2.70 bits per heavy atom. The third-order valence-electron chi connectivity index (χ3n) is 2.48. The van der Waals surface area contributed by atoms with Gasteiger partial charge in [-0.25, -0.2) is 9.59 Å². The Kier molecular flexibility index (Phi) is 6.38. The Labute approximate surface area is 116 Å². The van der Waals surface area contributed by atoms with Gasteiger partial charge in [-0.2, -0.15) is 0 Å². The fourth-order valence-electron chi connectivity index (χ4n) is 1.38. The highest BCUT2D eigenvalue weighted by atomic mass is 16.5. The van der Waals surface area contributed by atoms with Crippen molar-refractivity contribution < 1.29 is 19.4 Å². The van der Waals surface area contributed by atoms with Crippen LogP contribution in [0.2, 0.25) is 0 Å². The number of aromatic nitrogens is 2. The molecule has 0 fully saturated rings. The molecule has 3 N–H and O–H groups in total. The third kappa shape index (κ3) is 5.61. The van der Waals surface area contributed by atoms with Crippen molar-refractivity contribution >= 4 is 12.0 Å². The highest BCUT2D eigenvalue weighted by molar-refractivity contribution is 5.82. The lowest BCUT2D eigenvalue weighted by Gasteiger charge is -2.14. The molecule has 1 rings (SSSR count). The van der Waals surface area contributed by atoms with Gasteiger partial charge in [0.25, 0.3) is 0 Å². The Bertz CT molecular complexity index is 449. The van der Waals surface area contributed by atoms with Gasteiger partial charge < -0.3 is 20.5 Å². The van der Waals surface area contributed by atoms with Crippen LogP contribution >= 0.6 is 0 Å². The molecular formula is C12H18N4O4. The highest BCUT2D eigenvalue weighted by Crippen LogP contribution is 1.95. The van der Waals surface area contributed by atoms with Gasteiger partial charge in [-0.3, -0.25) is 9.97 Å². The smallest absolute Gasteiger partial charge is 0.326 e.